The van der Waals surface area contributed by atoms with E-state index >= 15 is 0 Å². The van der Waals surface area contributed by atoms with Gasteiger partial charge in [0, 0.05) is 11.6 Å². The average molecular weight is 395 g/mol. The van der Waals surface area contributed by atoms with Crippen LogP contribution in [-0.2, 0) is 19.1 Å². The average Bonchev–Trinajstić information content (AvgIpc) is 2.96. The van der Waals surface area contributed by atoms with E-state index in [2.05, 4.69) is 0 Å². The Morgan fingerprint density at radius 3 is 2.81 bits per heavy atom. The van der Waals surface area contributed by atoms with Crippen LogP contribution in [0, 0.1) is 5.92 Å². The van der Waals surface area contributed by atoms with Crippen molar-refractivity contribution >= 4 is 35.1 Å². The van der Waals surface area contributed by atoms with Gasteiger partial charge < -0.3 is 9.47 Å². The molecule has 0 unspecified atom stereocenters. The molecule has 0 radical (unpaired) electrons. The Hall–Kier alpha value is -2.12. The molecule has 2 heterocycles. The summed E-state index contributed by atoms with van der Waals surface area (Å²) in [4.78, 5) is 40.8. The largest absolute Gasteiger partial charge is 0.495 e. The lowest BCUT2D eigenvalue weighted by Gasteiger charge is -2.34. The van der Waals surface area contributed by atoms with Gasteiger partial charge in [0.25, 0.3) is 5.91 Å². The van der Waals surface area contributed by atoms with Crippen molar-refractivity contribution in [2.24, 2.45) is 5.92 Å². The van der Waals surface area contributed by atoms with Crippen LogP contribution in [0.2, 0.25) is 5.02 Å². The third kappa shape index (κ3) is 3.94. The first-order chi connectivity index (χ1) is 13.0. The van der Waals surface area contributed by atoms with Gasteiger partial charge in [-0.25, -0.2) is 4.90 Å². The molecule has 7 nitrogen and oxygen atoms in total. The zero-order valence-corrected chi connectivity index (χ0v) is 16.2. The summed E-state index contributed by atoms with van der Waals surface area (Å²) >= 11 is 6.05. The van der Waals surface area contributed by atoms with Crippen molar-refractivity contribution in [1.82, 2.24) is 4.90 Å². The maximum atomic E-state index is 13.0. The van der Waals surface area contributed by atoms with Crippen LogP contribution in [0.3, 0.4) is 0 Å². The van der Waals surface area contributed by atoms with Gasteiger partial charge in [0.1, 0.15) is 5.75 Å². The SMILES string of the molecule is CCOC(=O)[C@H]1CCCN([C@H]2CC(=O)N(c3cc(Cl)ccc3OC)C2=O)C1. The topological polar surface area (TPSA) is 76.2 Å². The fourth-order valence-electron chi connectivity index (χ4n) is 3.73. The Morgan fingerprint density at radius 1 is 1.33 bits per heavy atom. The molecule has 146 valence electrons. The maximum Gasteiger partial charge on any atom is 0.310 e. The van der Waals surface area contributed by atoms with Crippen molar-refractivity contribution in [3.8, 4) is 5.75 Å². The molecule has 0 saturated carbocycles. The number of anilines is 1. The molecule has 8 heteroatoms. The number of nitrogens with zero attached hydrogens (tertiary/aromatic N) is 2. The zero-order valence-electron chi connectivity index (χ0n) is 15.4. The highest BCUT2D eigenvalue weighted by atomic mass is 35.5. The summed E-state index contributed by atoms with van der Waals surface area (Å²) in [5, 5.41) is 0.412. The first-order valence-corrected chi connectivity index (χ1v) is 9.45. The van der Waals surface area contributed by atoms with Gasteiger partial charge >= 0.3 is 5.97 Å². The molecule has 2 aliphatic rings. The van der Waals surface area contributed by atoms with Crippen molar-refractivity contribution < 1.29 is 23.9 Å². The molecule has 0 spiro atoms. The van der Waals surface area contributed by atoms with Gasteiger partial charge in [-0.2, -0.15) is 0 Å². The zero-order chi connectivity index (χ0) is 19.6. The number of imide groups is 1. The molecule has 1 aromatic rings. The first-order valence-electron chi connectivity index (χ1n) is 9.07. The molecule has 0 aliphatic carbocycles. The van der Waals surface area contributed by atoms with Crippen molar-refractivity contribution in [2.75, 3.05) is 31.7 Å². The maximum absolute atomic E-state index is 13.0. The van der Waals surface area contributed by atoms with Crippen molar-refractivity contribution in [1.29, 1.82) is 0 Å². The molecule has 3 rings (SSSR count). The number of hydrogen-bond acceptors (Lipinski definition) is 6. The highest BCUT2D eigenvalue weighted by Crippen LogP contribution is 2.36. The number of likely N-dealkylation sites (tertiary alicyclic amines) is 1. The molecule has 0 N–H and O–H groups in total. The lowest BCUT2D eigenvalue weighted by atomic mass is 9.96. The van der Waals surface area contributed by atoms with Crippen LogP contribution < -0.4 is 9.64 Å². The summed E-state index contributed by atoms with van der Waals surface area (Å²) in [6, 6.07) is 4.24. The molecule has 2 fully saturated rings. The number of hydrogen-bond donors (Lipinski definition) is 0. The summed E-state index contributed by atoms with van der Waals surface area (Å²) in [6.07, 6.45) is 1.59. The van der Waals surface area contributed by atoms with Crippen LogP contribution in [-0.4, -0.2) is 55.5 Å². The fraction of sp³-hybridized carbons (Fsp3) is 0.526. The summed E-state index contributed by atoms with van der Waals surface area (Å²) in [5.74, 6) is -0.720. The molecule has 2 saturated heterocycles. The van der Waals surface area contributed by atoms with Gasteiger partial charge in [0.15, 0.2) is 0 Å². The van der Waals surface area contributed by atoms with Gasteiger partial charge in [-0.15, -0.1) is 0 Å². The van der Waals surface area contributed by atoms with Crippen molar-refractivity contribution in [3.05, 3.63) is 23.2 Å². The van der Waals surface area contributed by atoms with Gasteiger partial charge in [0.05, 0.1) is 37.8 Å². The third-order valence-corrected chi connectivity index (χ3v) is 5.25. The molecule has 2 atom stereocenters. The summed E-state index contributed by atoms with van der Waals surface area (Å²) in [6.45, 7) is 3.19. The van der Waals surface area contributed by atoms with E-state index in [1.54, 1.807) is 25.1 Å². The number of methoxy groups -OCH3 is 1. The number of rotatable bonds is 5. The van der Waals surface area contributed by atoms with E-state index in [-0.39, 0.29) is 30.1 Å². The lowest BCUT2D eigenvalue weighted by molar-refractivity contribution is -0.150. The molecule has 2 amide bonds. The number of carbonyl (C=O) groups is 3. The Kier molecular flexibility index (Phi) is 6.01. The second kappa shape index (κ2) is 8.27. The van der Waals surface area contributed by atoms with Crippen LogP contribution in [0.1, 0.15) is 26.2 Å². The molecule has 2 aliphatic heterocycles. The van der Waals surface area contributed by atoms with E-state index in [0.717, 1.165) is 17.7 Å². The number of esters is 1. The minimum atomic E-state index is -0.585. The Balaban J connectivity index is 1.80. The second-order valence-electron chi connectivity index (χ2n) is 6.69. The summed E-state index contributed by atoms with van der Waals surface area (Å²) in [5.41, 5.74) is 0.349. The monoisotopic (exact) mass is 394 g/mol. The molecule has 0 aromatic heterocycles. The Bertz CT molecular complexity index is 754. The van der Waals surface area contributed by atoms with Crippen LogP contribution in [0.5, 0.6) is 5.75 Å². The molecule has 0 bridgehead atoms. The number of carbonyl (C=O) groups excluding carboxylic acids is 3. The number of ether oxygens (including phenoxy) is 2. The number of amides is 2. The Labute approximate surface area is 163 Å². The van der Waals surface area contributed by atoms with E-state index in [1.807, 2.05) is 4.90 Å². The number of benzene rings is 1. The minimum Gasteiger partial charge on any atom is -0.495 e. The standard InChI is InChI=1S/C19H23ClN2O5/c1-3-27-19(25)12-5-4-8-21(11-12)15-10-17(23)22(18(15)24)14-9-13(20)6-7-16(14)26-2/h6-7,9,12,15H,3-5,8,10-11H2,1-2H3/t12-,15-/m0/s1. The smallest absolute Gasteiger partial charge is 0.310 e. The van der Waals surface area contributed by atoms with Gasteiger partial charge in [-0.05, 0) is 44.5 Å². The van der Waals surface area contributed by atoms with Crippen LogP contribution in [0.25, 0.3) is 0 Å². The van der Waals surface area contributed by atoms with E-state index in [9.17, 15) is 14.4 Å². The number of piperidine rings is 1. The van der Waals surface area contributed by atoms with Gasteiger partial charge in [-0.1, -0.05) is 11.6 Å². The highest BCUT2D eigenvalue weighted by Gasteiger charge is 2.45. The lowest BCUT2D eigenvalue weighted by Crippen LogP contribution is -2.48. The first kappa shape index (κ1) is 19.6. The second-order valence-corrected chi connectivity index (χ2v) is 7.13. The fourth-order valence-corrected chi connectivity index (χ4v) is 3.90. The van der Waals surface area contributed by atoms with E-state index < -0.39 is 6.04 Å². The van der Waals surface area contributed by atoms with Crippen molar-refractivity contribution in [3.63, 3.8) is 0 Å². The number of halogens is 1. The Morgan fingerprint density at radius 2 is 2.11 bits per heavy atom. The summed E-state index contributed by atoms with van der Waals surface area (Å²) in [7, 11) is 1.48. The predicted octanol–water partition coefficient (Wildman–Crippen LogP) is 2.26. The van der Waals surface area contributed by atoms with Crippen LogP contribution >= 0.6 is 11.6 Å². The van der Waals surface area contributed by atoms with Gasteiger partial charge in [-0.3, -0.25) is 19.3 Å². The molecule has 27 heavy (non-hydrogen) atoms. The molecular weight excluding hydrogens is 372 g/mol. The third-order valence-electron chi connectivity index (χ3n) is 5.02. The highest BCUT2D eigenvalue weighted by molar-refractivity contribution is 6.31. The van der Waals surface area contributed by atoms with Crippen molar-refractivity contribution in [2.45, 2.75) is 32.2 Å². The quantitative estimate of drug-likeness (QED) is 0.563. The predicted molar refractivity (Wildman–Crippen MR) is 99.8 cm³/mol. The summed E-state index contributed by atoms with van der Waals surface area (Å²) < 4.78 is 10.4. The van der Waals surface area contributed by atoms with Gasteiger partial charge in [0.2, 0.25) is 5.91 Å². The van der Waals surface area contributed by atoms with E-state index in [4.69, 9.17) is 21.1 Å². The van der Waals surface area contributed by atoms with Crippen LogP contribution in [0.15, 0.2) is 18.2 Å². The van der Waals surface area contributed by atoms with Crippen LogP contribution in [0.4, 0.5) is 5.69 Å². The van der Waals surface area contributed by atoms with E-state index in [1.165, 1.54) is 7.11 Å². The molecular formula is C19H23ClN2O5. The normalized spacial score (nSPS) is 23.6. The van der Waals surface area contributed by atoms with E-state index in [0.29, 0.717) is 36.2 Å². The molecule has 1 aromatic carbocycles. The minimum absolute atomic E-state index is 0.0735.